The SMILES string of the molecule is CCc1cccc(CNC[C@@H](O)[C@H](Cc2cc(F)cc(F)c2)NC(=O)c2cc(Cl)ccc2-n2cnnc2C)c1. The number of amides is 1. The molecule has 3 aromatic carbocycles. The first-order valence-electron chi connectivity index (χ1n) is 12.6. The summed E-state index contributed by atoms with van der Waals surface area (Å²) in [5, 5.41) is 25.4. The van der Waals surface area contributed by atoms with Crippen molar-refractivity contribution in [2.24, 2.45) is 0 Å². The molecule has 0 aliphatic heterocycles. The van der Waals surface area contributed by atoms with Crippen LogP contribution in [0.25, 0.3) is 5.69 Å². The summed E-state index contributed by atoms with van der Waals surface area (Å²) in [5.41, 5.74) is 3.29. The molecule has 0 radical (unpaired) electrons. The maximum Gasteiger partial charge on any atom is 0.253 e. The van der Waals surface area contributed by atoms with Gasteiger partial charge in [0.05, 0.1) is 23.4 Å². The van der Waals surface area contributed by atoms with E-state index in [0.717, 1.165) is 18.1 Å². The van der Waals surface area contributed by atoms with E-state index < -0.39 is 29.7 Å². The molecule has 1 heterocycles. The Balaban J connectivity index is 1.56. The van der Waals surface area contributed by atoms with Crippen LogP contribution in [0.5, 0.6) is 0 Å². The highest BCUT2D eigenvalue weighted by Gasteiger charge is 2.25. The largest absolute Gasteiger partial charge is 0.390 e. The minimum Gasteiger partial charge on any atom is -0.390 e. The maximum absolute atomic E-state index is 13.9. The van der Waals surface area contributed by atoms with Crippen molar-refractivity contribution >= 4 is 17.5 Å². The molecule has 0 saturated carbocycles. The Morgan fingerprint density at radius 2 is 1.79 bits per heavy atom. The molecule has 0 fully saturated rings. The molecule has 7 nitrogen and oxygen atoms in total. The Morgan fingerprint density at radius 1 is 1.05 bits per heavy atom. The Hall–Kier alpha value is -3.66. The number of aryl methyl sites for hydroxylation is 2. The van der Waals surface area contributed by atoms with Crippen LogP contribution in [0, 0.1) is 18.6 Å². The van der Waals surface area contributed by atoms with Gasteiger partial charge in [-0.3, -0.25) is 9.36 Å². The van der Waals surface area contributed by atoms with E-state index in [1.807, 2.05) is 18.2 Å². The summed E-state index contributed by atoms with van der Waals surface area (Å²) in [7, 11) is 0. The Kier molecular flexibility index (Phi) is 9.40. The van der Waals surface area contributed by atoms with Gasteiger partial charge in [-0.15, -0.1) is 10.2 Å². The average Bonchev–Trinajstić information content (AvgIpc) is 3.33. The number of benzene rings is 3. The van der Waals surface area contributed by atoms with E-state index in [2.05, 4.69) is 33.8 Å². The maximum atomic E-state index is 13.9. The van der Waals surface area contributed by atoms with Crippen LogP contribution < -0.4 is 10.6 Å². The van der Waals surface area contributed by atoms with Gasteiger partial charge in [0.25, 0.3) is 5.91 Å². The van der Waals surface area contributed by atoms with Gasteiger partial charge in [0.15, 0.2) is 0 Å². The molecule has 0 aliphatic rings. The number of hydrogen-bond donors (Lipinski definition) is 3. The second kappa shape index (κ2) is 12.9. The predicted molar refractivity (Wildman–Crippen MR) is 146 cm³/mol. The third-order valence-corrected chi connectivity index (χ3v) is 6.66. The lowest BCUT2D eigenvalue weighted by molar-refractivity contribution is 0.0830. The topological polar surface area (TPSA) is 92.1 Å². The highest BCUT2D eigenvalue weighted by molar-refractivity contribution is 6.31. The number of nitrogens with zero attached hydrogens (tertiary/aromatic N) is 3. The number of aliphatic hydroxyl groups is 1. The summed E-state index contributed by atoms with van der Waals surface area (Å²) in [6.45, 7) is 4.46. The number of carbonyl (C=O) groups is 1. The van der Waals surface area contributed by atoms with Crippen molar-refractivity contribution in [2.75, 3.05) is 6.54 Å². The molecule has 39 heavy (non-hydrogen) atoms. The smallest absolute Gasteiger partial charge is 0.253 e. The van der Waals surface area contributed by atoms with Crippen LogP contribution in [-0.4, -0.2) is 44.5 Å². The second-order valence-corrected chi connectivity index (χ2v) is 9.78. The quantitative estimate of drug-likeness (QED) is 0.253. The molecule has 1 aromatic heterocycles. The molecular weight excluding hydrogens is 524 g/mol. The summed E-state index contributed by atoms with van der Waals surface area (Å²) >= 11 is 6.21. The van der Waals surface area contributed by atoms with E-state index in [1.54, 1.807) is 23.6 Å². The summed E-state index contributed by atoms with van der Waals surface area (Å²) in [6.07, 6.45) is 1.31. The number of aromatic nitrogens is 3. The first-order chi connectivity index (χ1) is 18.7. The van der Waals surface area contributed by atoms with Gasteiger partial charge in [0.1, 0.15) is 23.8 Å². The van der Waals surface area contributed by atoms with Crippen LogP contribution in [0.4, 0.5) is 8.78 Å². The van der Waals surface area contributed by atoms with Crippen LogP contribution in [0.3, 0.4) is 0 Å². The molecule has 4 aromatic rings. The fourth-order valence-electron chi connectivity index (χ4n) is 4.41. The lowest BCUT2D eigenvalue weighted by Crippen LogP contribution is -2.48. The average molecular weight is 554 g/mol. The molecular formula is C29H30ClF2N5O2. The second-order valence-electron chi connectivity index (χ2n) is 9.34. The van der Waals surface area contributed by atoms with Crippen molar-refractivity contribution in [3.05, 3.63) is 112 Å². The molecule has 0 saturated heterocycles. The summed E-state index contributed by atoms with van der Waals surface area (Å²) in [6, 6.07) is 15.2. The fourth-order valence-corrected chi connectivity index (χ4v) is 4.58. The van der Waals surface area contributed by atoms with Gasteiger partial charge in [0, 0.05) is 24.2 Å². The number of halogens is 3. The zero-order valence-electron chi connectivity index (χ0n) is 21.7. The molecule has 1 amide bonds. The van der Waals surface area contributed by atoms with E-state index in [1.165, 1.54) is 30.1 Å². The highest BCUT2D eigenvalue weighted by atomic mass is 35.5. The van der Waals surface area contributed by atoms with Crippen LogP contribution in [0.2, 0.25) is 5.02 Å². The van der Waals surface area contributed by atoms with Gasteiger partial charge < -0.3 is 15.7 Å². The monoisotopic (exact) mass is 553 g/mol. The Morgan fingerprint density at radius 3 is 2.49 bits per heavy atom. The van der Waals surface area contributed by atoms with Crippen molar-refractivity contribution < 1.29 is 18.7 Å². The van der Waals surface area contributed by atoms with Gasteiger partial charge in [-0.05, 0) is 66.8 Å². The van der Waals surface area contributed by atoms with Gasteiger partial charge in [0.2, 0.25) is 0 Å². The van der Waals surface area contributed by atoms with Crippen molar-refractivity contribution in [3.63, 3.8) is 0 Å². The molecule has 0 spiro atoms. The van der Waals surface area contributed by atoms with E-state index in [9.17, 15) is 18.7 Å². The van der Waals surface area contributed by atoms with E-state index in [0.29, 0.717) is 28.6 Å². The van der Waals surface area contributed by atoms with Crippen molar-refractivity contribution in [3.8, 4) is 5.69 Å². The third-order valence-electron chi connectivity index (χ3n) is 6.42. The van der Waals surface area contributed by atoms with Crippen molar-refractivity contribution in [1.29, 1.82) is 0 Å². The van der Waals surface area contributed by atoms with Gasteiger partial charge in [-0.25, -0.2) is 8.78 Å². The molecule has 0 bridgehead atoms. The Labute approximate surface area is 230 Å². The molecule has 4 rings (SSSR count). The molecule has 204 valence electrons. The van der Waals surface area contributed by atoms with E-state index in [-0.39, 0.29) is 18.5 Å². The molecule has 2 atom stereocenters. The lowest BCUT2D eigenvalue weighted by Gasteiger charge is -2.25. The highest BCUT2D eigenvalue weighted by Crippen LogP contribution is 2.21. The van der Waals surface area contributed by atoms with Crippen molar-refractivity contribution in [2.45, 2.75) is 45.4 Å². The normalized spacial score (nSPS) is 12.8. The lowest BCUT2D eigenvalue weighted by atomic mass is 9.99. The first kappa shape index (κ1) is 28.4. The minimum absolute atomic E-state index is 0.00383. The van der Waals surface area contributed by atoms with E-state index in [4.69, 9.17) is 11.6 Å². The number of carbonyl (C=O) groups excluding carboxylic acids is 1. The Bertz CT molecular complexity index is 1420. The van der Waals surface area contributed by atoms with Crippen molar-refractivity contribution in [1.82, 2.24) is 25.4 Å². The number of aliphatic hydroxyl groups excluding tert-OH is 1. The fraction of sp³-hybridized carbons (Fsp3) is 0.276. The number of rotatable bonds is 11. The molecule has 0 unspecified atom stereocenters. The zero-order chi connectivity index (χ0) is 27.9. The van der Waals surface area contributed by atoms with Crippen LogP contribution in [0.15, 0.2) is 67.0 Å². The van der Waals surface area contributed by atoms with Crippen LogP contribution in [-0.2, 0) is 19.4 Å². The zero-order valence-corrected chi connectivity index (χ0v) is 22.4. The van der Waals surface area contributed by atoms with Gasteiger partial charge in [-0.1, -0.05) is 42.8 Å². The first-order valence-corrected chi connectivity index (χ1v) is 13.0. The predicted octanol–water partition coefficient (Wildman–Crippen LogP) is 4.56. The molecule has 0 aliphatic carbocycles. The van der Waals surface area contributed by atoms with Gasteiger partial charge >= 0.3 is 0 Å². The molecule has 3 N–H and O–H groups in total. The van der Waals surface area contributed by atoms with Crippen LogP contribution >= 0.6 is 11.6 Å². The summed E-state index contributed by atoms with van der Waals surface area (Å²) < 4.78 is 29.5. The third kappa shape index (κ3) is 7.47. The number of hydrogen-bond acceptors (Lipinski definition) is 5. The summed E-state index contributed by atoms with van der Waals surface area (Å²) in [4.78, 5) is 13.5. The van der Waals surface area contributed by atoms with Gasteiger partial charge in [-0.2, -0.15) is 0 Å². The molecule has 10 heteroatoms. The van der Waals surface area contributed by atoms with E-state index >= 15 is 0 Å². The number of nitrogens with one attached hydrogen (secondary N) is 2. The summed E-state index contributed by atoms with van der Waals surface area (Å²) in [5.74, 6) is -1.43. The minimum atomic E-state index is -1.08. The standard InChI is InChI=1S/C29H30ClF2N5O2/c1-3-19-5-4-6-20(9-19)15-33-16-28(38)26(12-21-10-23(31)14-24(32)11-21)35-29(39)25-13-22(30)7-8-27(25)37-17-34-36-18(37)2/h4-11,13-14,17,26,28,33,38H,3,12,15-16H2,1-2H3,(H,35,39)/t26-,28+/m0/s1. The van der Waals surface area contributed by atoms with Crippen LogP contribution in [0.1, 0.15) is 39.8 Å².